The van der Waals surface area contributed by atoms with Crippen molar-refractivity contribution in [1.82, 2.24) is 15.3 Å². The minimum Gasteiger partial charge on any atom is -0.348 e. The van der Waals surface area contributed by atoms with Crippen LogP contribution in [0.3, 0.4) is 0 Å². The Kier molecular flexibility index (Phi) is 6.24. The van der Waals surface area contributed by atoms with Crippen molar-refractivity contribution >= 4 is 35.1 Å². The van der Waals surface area contributed by atoms with E-state index in [9.17, 15) is 9.59 Å². The van der Waals surface area contributed by atoms with Crippen LogP contribution >= 0.6 is 11.6 Å². The number of halogens is 1. The third-order valence-electron chi connectivity index (χ3n) is 4.64. The molecule has 1 fully saturated rings. The zero-order valence-corrected chi connectivity index (χ0v) is 15.9. The topological polar surface area (TPSA) is 87.2 Å². The highest BCUT2D eigenvalue weighted by Gasteiger charge is 2.22. The van der Waals surface area contributed by atoms with Crippen LogP contribution < -0.4 is 15.5 Å². The molecule has 1 saturated heterocycles. The lowest BCUT2D eigenvalue weighted by atomic mass is 9.97. The zero-order valence-electron chi connectivity index (χ0n) is 15.1. The van der Waals surface area contributed by atoms with E-state index >= 15 is 0 Å². The number of hydrogen-bond donors (Lipinski definition) is 2. The van der Waals surface area contributed by atoms with E-state index in [-0.39, 0.29) is 0 Å². The van der Waals surface area contributed by atoms with E-state index in [0.29, 0.717) is 23.2 Å². The molecule has 8 heteroatoms. The summed E-state index contributed by atoms with van der Waals surface area (Å²) < 4.78 is 0. The van der Waals surface area contributed by atoms with Gasteiger partial charge in [-0.1, -0.05) is 17.7 Å². The van der Waals surface area contributed by atoms with Gasteiger partial charge in [0.25, 0.3) is 0 Å². The molecule has 142 valence electrons. The second-order valence-corrected chi connectivity index (χ2v) is 7.01. The zero-order chi connectivity index (χ0) is 19.2. The summed E-state index contributed by atoms with van der Waals surface area (Å²) in [7, 11) is 0. The largest absolute Gasteiger partial charge is 0.348 e. The fourth-order valence-corrected chi connectivity index (χ4v) is 3.15. The van der Waals surface area contributed by atoms with Crippen LogP contribution in [0.4, 0.5) is 11.6 Å². The fraction of sp³-hybridized carbons (Fsp3) is 0.368. The van der Waals surface area contributed by atoms with Crippen LogP contribution in [0, 0.1) is 12.8 Å². The van der Waals surface area contributed by atoms with Crippen molar-refractivity contribution in [2.45, 2.75) is 19.8 Å². The van der Waals surface area contributed by atoms with Gasteiger partial charge in [0, 0.05) is 42.7 Å². The SMILES string of the molecule is Cc1ccc(NC(=O)C(=O)NCC2CCN(c3ncccn3)CC2)cc1Cl. The first-order valence-electron chi connectivity index (χ1n) is 8.90. The third kappa shape index (κ3) is 5.17. The van der Waals surface area contributed by atoms with Crippen LogP contribution in [0.15, 0.2) is 36.7 Å². The number of piperidine rings is 1. The van der Waals surface area contributed by atoms with Gasteiger partial charge in [-0.3, -0.25) is 9.59 Å². The highest BCUT2D eigenvalue weighted by atomic mass is 35.5. The summed E-state index contributed by atoms with van der Waals surface area (Å²) >= 11 is 6.03. The second-order valence-electron chi connectivity index (χ2n) is 6.61. The Morgan fingerprint density at radius 3 is 2.56 bits per heavy atom. The monoisotopic (exact) mass is 387 g/mol. The predicted octanol–water partition coefficient (Wildman–Crippen LogP) is 2.41. The molecule has 2 aromatic rings. The van der Waals surface area contributed by atoms with Gasteiger partial charge >= 0.3 is 11.8 Å². The Labute approximate surface area is 163 Å². The maximum absolute atomic E-state index is 12.0. The molecule has 2 amide bonds. The molecule has 0 saturated carbocycles. The molecular weight excluding hydrogens is 366 g/mol. The molecule has 2 heterocycles. The summed E-state index contributed by atoms with van der Waals surface area (Å²) in [5.41, 5.74) is 1.41. The van der Waals surface area contributed by atoms with Gasteiger partial charge < -0.3 is 15.5 Å². The lowest BCUT2D eigenvalue weighted by molar-refractivity contribution is -0.136. The summed E-state index contributed by atoms with van der Waals surface area (Å²) in [5.74, 6) is -0.266. The van der Waals surface area contributed by atoms with Crippen molar-refractivity contribution < 1.29 is 9.59 Å². The number of nitrogens with one attached hydrogen (secondary N) is 2. The molecule has 0 bridgehead atoms. The van der Waals surface area contributed by atoms with Gasteiger partial charge in [0.2, 0.25) is 5.95 Å². The molecule has 2 N–H and O–H groups in total. The average Bonchev–Trinajstić information content (AvgIpc) is 2.70. The van der Waals surface area contributed by atoms with Crippen molar-refractivity contribution in [3.8, 4) is 0 Å². The number of anilines is 2. The summed E-state index contributed by atoms with van der Waals surface area (Å²) in [6.45, 7) is 4.01. The number of rotatable bonds is 4. The van der Waals surface area contributed by atoms with E-state index in [1.165, 1.54) is 0 Å². The number of amides is 2. The Morgan fingerprint density at radius 2 is 1.89 bits per heavy atom. The number of aryl methyl sites for hydroxylation is 1. The van der Waals surface area contributed by atoms with E-state index in [2.05, 4.69) is 25.5 Å². The van der Waals surface area contributed by atoms with E-state index in [1.54, 1.807) is 36.7 Å². The molecule has 0 spiro atoms. The Balaban J connectivity index is 1.42. The number of carbonyl (C=O) groups is 2. The molecule has 0 unspecified atom stereocenters. The first-order valence-corrected chi connectivity index (χ1v) is 9.28. The Morgan fingerprint density at radius 1 is 1.19 bits per heavy atom. The number of benzene rings is 1. The van der Waals surface area contributed by atoms with Crippen molar-refractivity contribution in [3.63, 3.8) is 0 Å². The maximum atomic E-state index is 12.0. The van der Waals surface area contributed by atoms with Gasteiger partial charge in [-0.05, 0) is 49.4 Å². The quantitative estimate of drug-likeness (QED) is 0.786. The van der Waals surface area contributed by atoms with Crippen molar-refractivity contribution in [2.24, 2.45) is 5.92 Å². The molecule has 1 aromatic heterocycles. The fourth-order valence-electron chi connectivity index (χ4n) is 2.97. The number of carbonyl (C=O) groups excluding carboxylic acids is 2. The van der Waals surface area contributed by atoms with Crippen LogP contribution in [-0.2, 0) is 9.59 Å². The van der Waals surface area contributed by atoms with E-state index in [4.69, 9.17) is 11.6 Å². The van der Waals surface area contributed by atoms with Crippen LogP contribution in [-0.4, -0.2) is 41.4 Å². The lowest BCUT2D eigenvalue weighted by Gasteiger charge is -2.31. The minimum absolute atomic E-state index is 0.329. The third-order valence-corrected chi connectivity index (χ3v) is 5.04. The Bertz CT molecular complexity index is 807. The molecule has 27 heavy (non-hydrogen) atoms. The molecular formula is C19H22ClN5O2. The maximum Gasteiger partial charge on any atom is 0.313 e. The number of aromatic nitrogens is 2. The summed E-state index contributed by atoms with van der Waals surface area (Å²) in [4.78, 5) is 34.7. The van der Waals surface area contributed by atoms with Crippen molar-refractivity contribution in [1.29, 1.82) is 0 Å². The van der Waals surface area contributed by atoms with Gasteiger partial charge in [-0.15, -0.1) is 0 Å². The standard InChI is InChI=1S/C19H22ClN5O2/c1-13-3-4-15(11-16(13)20)24-18(27)17(26)23-12-14-5-9-25(10-6-14)19-21-7-2-8-22-19/h2-4,7-8,11,14H,5-6,9-10,12H2,1H3,(H,23,26)(H,24,27). The first-order chi connectivity index (χ1) is 13.0. The Hall–Kier alpha value is -2.67. The molecule has 0 radical (unpaired) electrons. The second kappa shape index (κ2) is 8.81. The summed E-state index contributed by atoms with van der Waals surface area (Å²) in [6.07, 6.45) is 5.28. The molecule has 0 atom stereocenters. The van der Waals surface area contributed by atoms with Crippen LogP contribution in [0.2, 0.25) is 5.02 Å². The number of nitrogens with zero attached hydrogens (tertiary/aromatic N) is 3. The van der Waals surface area contributed by atoms with E-state index < -0.39 is 11.8 Å². The van der Waals surface area contributed by atoms with Gasteiger partial charge in [0.1, 0.15) is 0 Å². The molecule has 1 aliphatic heterocycles. The average molecular weight is 388 g/mol. The summed E-state index contributed by atoms with van der Waals surface area (Å²) in [6, 6.07) is 6.93. The predicted molar refractivity (Wildman–Crippen MR) is 105 cm³/mol. The molecule has 1 aliphatic rings. The van der Waals surface area contributed by atoms with Crippen molar-refractivity contribution in [3.05, 3.63) is 47.2 Å². The highest BCUT2D eigenvalue weighted by Crippen LogP contribution is 2.21. The summed E-state index contributed by atoms with van der Waals surface area (Å²) in [5, 5.41) is 5.83. The van der Waals surface area contributed by atoms with Crippen molar-refractivity contribution in [2.75, 3.05) is 29.9 Å². The van der Waals surface area contributed by atoms with Gasteiger partial charge in [-0.2, -0.15) is 0 Å². The smallest absolute Gasteiger partial charge is 0.313 e. The van der Waals surface area contributed by atoms with E-state index in [0.717, 1.165) is 37.4 Å². The number of hydrogen-bond acceptors (Lipinski definition) is 5. The van der Waals surface area contributed by atoms with E-state index in [1.807, 2.05) is 6.92 Å². The first kappa shape index (κ1) is 19.1. The van der Waals surface area contributed by atoms with Gasteiger partial charge in [-0.25, -0.2) is 9.97 Å². The molecule has 1 aromatic carbocycles. The minimum atomic E-state index is -0.690. The lowest BCUT2D eigenvalue weighted by Crippen LogP contribution is -2.42. The normalized spacial score (nSPS) is 14.7. The van der Waals surface area contributed by atoms with Crippen LogP contribution in [0.25, 0.3) is 0 Å². The molecule has 0 aliphatic carbocycles. The van der Waals surface area contributed by atoms with Crippen LogP contribution in [0.1, 0.15) is 18.4 Å². The van der Waals surface area contributed by atoms with Gasteiger partial charge in [0.15, 0.2) is 0 Å². The highest BCUT2D eigenvalue weighted by molar-refractivity contribution is 6.39. The van der Waals surface area contributed by atoms with Crippen LogP contribution in [0.5, 0.6) is 0 Å². The molecule has 3 rings (SSSR count). The van der Waals surface area contributed by atoms with Gasteiger partial charge in [0.05, 0.1) is 0 Å². The molecule has 7 nitrogen and oxygen atoms in total.